The van der Waals surface area contributed by atoms with Gasteiger partial charge in [0.05, 0.1) is 0 Å². The maximum Gasteiger partial charge on any atom is 0.490 e. The molecule has 0 aliphatic carbocycles. The quantitative estimate of drug-likeness (QED) is 0.869. The largest absolute Gasteiger partial charge is 0.490 e. The van der Waals surface area contributed by atoms with Crippen LogP contribution in [-0.2, 0) is 16.0 Å². The number of carbonyl (C=O) groups excluding carboxylic acids is 1. The number of amides is 1. The van der Waals surface area contributed by atoms with Crippen molar-refractivity contribution < 1.29 is 27.9 Å². The molecular weight excluding hydrogens is 337 g/mol. The fourth-order valence-corrected chi connectivity index (χ4v) is 3.22. The molecule has 138 valence electrons. The van der Waals surface area contributed by atoms with Crippen molar-refractivity contribution in [2.45, 2.75) is 43.9 Å². The van der Waals surface area contributed by atoms with Crippen LogP contribution in [0.5, 0.6) is 0 Å². The topological polar surface area (TPSA) is 69.6 Å². The Bertz CT molecular complexity index is 593. The van der Waals surface area contributed by atoms with Crippen molar-refractivity contribution in [2.75, 3.05) is 13.1 Å². The van der Waals surface area contributed by atoms with Crippen LogP contribution < -0.4 is 5.32 Å². The number of halogens is 3. The number of carboxylic acids is 1. The Morgan fingerprint density at radius 2 is 1.88 bits per heavy atom. The number of fused-ring (bicyclic) bond motifs is 1. The van der Waals surface area contributed by atoms with E-state index in [2.05, 4.69) is 40.5 Å². The number of rotatable bonds is 3. The molecule has 1 aromatic carbocycles. The average molecular weight is 358 g/mol. The second-order valence-corrected chi connectivity index (χ2v) is 6.14. The first kappa shape index (κ1) is 19.2. The van der Waals surface area contributed by atoms with E-state index < -0.39 is 12.1 Å². The van der Waals surface area contributed by atoms with Gasteiger partial charge in [-0.05, 0) is 24.8 Å². The molecule has 0 aromatic heterocycles. The predicted molar refractivity (Wildman–Crippen MR) is 85.0 cm³/mol. The third kappa shape index (κ3) is 5.74. The van der Waals surface area contributed by atoms with Crippen molar-refractivity contribution in [3.8, 4) is 0 Å². The van der Waals surface area contributed by atoms with Crippen LogP contribution in [0.2, 0.25) is 0 Å². The van der Waals surface area contributed by atoms with Crippen LogP contribution in [0.3, 0.4) is 0 Å². The maximum absolute atomic E-state index is 11.4. The van der Waals surface area contributed by atoms with E-state index in [4.69, 9.17) is 9.90 Å². The molecule has 25 heavy (non-hydrogen) atoms. The fourth-order valence-electron chi connectivity index (χ4n) is 3.22. The Morgan fingerprint density at radius 3 is 2.48 bits per heavy atom. The van der Waals surface area contributed by atoms with E-state index in [9.17, 15) is 18.0 Å². The van der Waals surface area contributed by atoms with Gasteiger partial charge in [-0.1, -0.05) is 30.3 Å². The number of hydrogen-bond donors (Lipinski definition) is 2. The lowest BCUT2D eigenvalue weighted by atomic mass is 9.99. The number of likely N-dealkylation sites (tertiary alicyclic amines) is 1. The minimum absolute atomic E-state index is 0.237. The van der Waals surface area contributed by atoms with E-state index in [1.807, 2.05) is 0 Å². The van der Waals surface area contributed by atoms with Gasteiger partial charge in [-0.25, -0.2) is 4.79 Å². The van der Waals surface area contributed by atoms with Crippen molar-refractivity contribution in [1.82, 2.24) is 10.2 Å². The van der Waals surface area contributed by atoms with Gasteiger partial charge < -0.3 is 10.4 Å². The number of piperidine rings is 1. The molecule has 0 unspecified atom stereocenters. The van der Waals surface area contributed by atoms with E-state index in [-0.39, 0.29) is 5.91 Å². The van der Waals surface area contributed by atoms with Crippen molar-refractivity contribution in [1.29, 1.82) is 0 Å². The maximum atomic E-state index is 11.4. The molecule has 2 N–H and O–H groups in total. The predicted octanol–water partition coefficient (Wildman–Crippen LogP) is 2.22. The molecule has 2 saturated heterocycles. The molecule has 2 fully saturated rings. The Morgan fingerprint density at radius 1 is 1.24 bits per heavy atom. The number of hydrogen-bond acceptors (Lipinski definition) is 3. The first-order valence-electron chi connectivity index (χ1n) is 8.15. The van der Waals surface area contributed by atoms with E-state index in [1.54, 1.807) is 0 Å². The highest BCUT2D eigenvalue weighted by Gasteiger charge is 2.38. The van der Waals surface area contributed by atoms with Crippen LogP contribution in [0.25, 0.3) is 0 Å². The van der Waals surface area contributed by atoms with Crippen molar-refractivity contribution in [3.63, 3.8) is 0 Å². The molecule has 3 rings (SSSR count). The Labute approximate surface area is 143 Å². The van der Waals surface area contributed by atoms with Gasteiger partial charge in [-0.3, -0.25) is 9.69 Å². The monoisotopic (exact) mass is 358 g/mol. The summed E-state index contributed by atoms with van der Waals surface area (Å²) in [6.07, 6.45) is -1.13. The van der Waals surface area contributed by atoms with Gasteiger partial charge in [0, 0.05) is 31.6 Å². The van der Waals surface area contributed by atoms with E-state index in [1.165, 1.54) is 5.56 Å². The molecule has 0 spiro atoms. The van der Waals surface area contributed by atoms with Gasteiger partial charge in [-0.15, -0.1) is 0 Å². The molecule has 0 saturated carbocycles. The van der Waals surface area contributed by atoms with Crippen molar-refractivity contribution in [3.05, 3.63) is 35.9 Å². The number of alkyl halides is 3. The molecule has 8 heteroatoms. The normalized spacial score (nSPS) is 23.2. The molecule has 5 nitrogen and oxygen atoms in total. The molecule has 1 aromatic rings. The molecule has 2 aliphatic heterocycles. The molecule has 2 aliphatic rings. The van der Waals surface area contributed by atoms with Crippen molar-refractivity contribution in [2.24, 2.45) is 0 Å². The summed E-state index contributed by atoms with van der Waals surface area (Å²) in [5, 5.41) is 10.3. The lowest BCUT2D eigenvalue weighted by Gasteiger charge is -2.32. The molecule has 2 atom stereocenters. The van der Waals surface area contributed by atoms with E-state index >= 15 is 0 Å². The number of carbonyl (C=O) groups is 2. The average Bonchev–Trinajstić information content (AvgIpc) is 2.95. The number of nitrogens with one attached hydrogen (secondary N) is 1. The molecular formula is C17H21F3N2O3. The SMILES string of the molecule is O=C(O)C(F)(F)F.O=C1CC[C@H]2[C@H](CCN2CCc2ccccc2)N1. The smallest absolute Gasteiger partial charge is 0.475 e. The summed E-state index contributed by atoms with van der Waals surface area (Å²) in [6, 6.07) is 11.6. The first-order chi connectivity index (χ1) is 11.8. The molecule has 0 radical (unpaired) electrons. The van der Waals surface area contributed by atoms with Crippen LogP contribution in [0.15, 0.2) is 30.3 Å². The van der Waals surface area contributed by atoms with Crippen LogP contribution in [0, 0.1) is 0 Å². The van der Waals surface area contributed by atoms with Crippen LogP contribution in [0.1, 0.15) is 24.8 Å². The summed E-state index contributed by atoms with van der Waals surface area (Å²) in [7, 11) is 0. The van der Waals surface area contributed by atoms with Gasteiger partial charge >= 0.3 is 12.1 Å². The minimum Gasteiger partial charge on any atom is -0.475 e. The van der Waals surface area contributed by atoms with Crippen LogP contribution in [0.4, 0.5) is 13.2 Å². The summed E-state index contributed by atoms with van der Waals surface area (Å²) in [4.78, 5) is 22.8. The highest BCUT2D eigenvalue weighted by molar-refractivity contribution is 5.77. The molecule has 1 amide bonds. The molecule has 0 bridgehead atoms. The number of carboxylic acid groups (broad SMARTS) is 1. The van der Waals surface area contributed by atoms with Crippen molar-refractivity contribution >= 4 is 11.9 Å². The molecule has 2 heterocycles. The third-order valence-corrected chi connectivity index (χ3v) is 4.45. The standard InChI is InChI=1S/C15H20N2O.C2HF3O2/c18-15-7-6-14-13(16-15)9-11-17(14)10-8-12-4-2-1-3-5-12;3-2(4,5)1(6)7/h1-5,13-14H,6-11H2,(H,16,18);(H,6,7)/t13-,14-;/m0./s1. The number of nitrogens with zero attached hydrogens (tertiary/aromatic N) is 1. The summed E-state index contributed by atoms with van der Waals surface area (Å²) in [5.41, 5.74) is 1.40. The van der Waals surface area contributed by atoms with Gasteiger partial charge in [-0.2, -0.15) is 13.2 Å². The highest BCUT2D eigenvalue weighted by Crippen LogP contribution is 2.25. The van der Waals surface area contributed by atoms with Crippen LogP contribution >= 0.6 is 0 Å². The minimum atomic E-state index is -5.08. The van der Waals surface area contributed by atoms with E-state index in [0.717, 1.165) is 32.4 Å². The summed E-state index contributed by atoms with van der Waals surface area (Å²) in [5.74, 6) is -2.52. The highest BCUT2D eigenvalue weighted by atomic mass is 19.4. The first-order valence-corrected chi connectivity index (χ1v) is 8.15. The number of aliphatic carboxylic acids is 1. The zero-order chi connectivity index (χ0) is 18.4. The van der Waals surface area contributed by atoms with Gasteiger partial charge in [0.1, 0.15) is 0 Å². The summed E-state index contributed by atoms with van der Waals surface area (Å²) in [6.45, 7) is 2.24. The zero-order valence-electron chi connectivity index (χ0n) is 13.6. The summed E-state index contributed by atoms with van der Waals surface area (Å²) < 4.78 is 31.7. The van der Waals surface area contributed by atoms with Gasteiger partial charge in [0.25, 0.3) is 0 Å². The van der Waals surface area contributed by atoms with E-state index in [0.29, 0.717) is 18.5 Å². The fraction of sp³-hybridized carbons (Fsp3) is 0.529. The summed E-state index contributed by atoms with van der Waals surface area (Å²) >= 11 is 0. The Balaban J connectivity index is 0.000000277. The van der Waals surface area contributed by atoms with Gasteiger partial charge in [0.2, 0.25) is 5.91 Å². The second-order valence-electron chi connectivity index (χ2n) is 6.14. The van der Waals surface area contributed by atoms with Gasteiger partial charge in [0.15, 0.2) is 0 Å². The zero-order valence-corrected chi connectivity index (χ0v) is 13.6. The second kappa shape index (κ2) is 8.33. The third-order valence-electron chi connectivity index (χ3n) is 4.45. The lowest BCUT2D eigenvalue weighted by molar-refractivity contribution is -0.192. The Kier molecular flexibility index (Phi) is 6.41. The number of benzene rings is 1. The lowest BCUT2D eigenvalue weighted by Crippen LogP contribution is -2.49. The Hall–Kier alpha value is -2.09. The van der Waals surface area contributed by atoms with Crippen LogP contribution in [-0.4, -0.2) is 53.2 Å².